The minimum Gasteiger partial charge on any atom is -0.311 e. The third-order valence-electron chi connectivity index (χ3n) is 6.97. The van der Waals surface area contributed by atoms with E-state index in [9.17, 15) is 9.59 Å². The van der Waals surface area contributed by atoms with E-state index in [-0.39, 0.29) is 22.3 Å². The number of ketones is 1. The monoisotopic (exact) mass is 470 g/mol. The molecule has 0 radical (unpaired) electrons. The zero-order valence-corrected chi connectivity index (χ0v) is 22.2. The van der Waals surface area contributed by atoms with E-state index in [1.165, 1.54) is 24.5 Å². The molecule has 2 heterocycles. The summed E-state index contributed by atoms with van der Waals surface area (Å²) >= 11 is 5.59. The van der Waals surface area contributed by atoms with Crippen LogP contribution in [0.4, 0.5) is 5.69 Å². The maximum absolute atomic E-state index is 11.9. The molecule has 33 heavy (non-hydrogen) atoms. The van der Waals surface area contributed by atoms with Gasteiger partial charge in [0, 0.05) is 30.8 Å². The predicted molar refractivity (Wildman–Crippen MR) is 138 cm³/mol. The molecule has 3 unspecified atom stereocenters. The topological polar surface area (TPSA) is 50.3 Å². The number of nitrogens with zero attached hydrogens (tertiary/aromatic N) is 2. The lowest BCUT2D eigenvalue weighted by molar-refractivity contribution is -0.116. The number of aromatic nitrogens is 1. The Morgan fingerprint density at radius 2 is 1.82 bits per heavy atom. The summed E-state index contributed by atoms with van der Waals surface area (Å²) in [5, 5.41) is 0.273. The zero-order chi connectivity index (χ0) is 24.9. The molecule has 1 saturated carbocycles. The van der Waals surface area contributed by atoms with Crippen LogP contribution in [0.3, 0.4) is 0 Å². The van der Waals surface area contributed by atoms with E-state index in [2.05, 4.69) is 50.9 Å². The van der Waals surface area contributed by atoms with Crippen LogP contribution in [0.15, 0.2) is 36.5 Å². The van der Waals surface area contributed by atoms with Gasteiger partial charge in [-0.3, -0.25) is 9.59 Å². The van der Waals surface area contributed by atoms with Crippen LogP contribution in [0.5, 0.6) is 0 Å². The Morgan fingerprint density at radius 1 is 1.15 bits per heavy atom. The summed E-state index contributed by atoms with van der Waals surface area (Å²) in [6.45, 7) is 17.1. The molecule has 1 aliphatic carbocycles. The molecule has 0 bridgehead atoms. The first kappa shape index (κ1) is 27.0. The van der Waals surface area contributed by atoms with Crippen molar-refractivity contribution in [3.05, 3.63) is 58.4 Å². The van der Waals surface area contributed by atoms with E-state index in [1.807, 2.05) is 18.7 Å². The minimum atomic E-state index is -0.0573. The van der Waals surface area contributed by atoms with Crippen molar-refractivity contribution in [2.45, 2.75) is 73.6 Å². The number of carbonyl (C=O) groups is 2. The highest BCUT2D eigenvalue weighted by molar-refractivity contribution is 6.32. The summed E-state index contributed by atoms with van der Waals surface area (Å²) in [6, 6.07) is 10.1. The highest BCUT2D eigenvalue weighted by atomic mass is 35.5. The van der Waals surface area contributed by atoms with Crippen molar-refractivity contribution in [1.29, 1.82) is 0 Å². The van der Waals surface area contributed by atoms with Gasteiger partial charge in [-0.1, -0.05) is 65.3 Å². The van der Waals surface area contributed by atoms with Gasteiger partial charge in [-0.2, -0.15) is 0 Å². The van der Waals surface area contributed by atoms with Gasteiger partial charge >= 0.3 is 0 Å². The Balaban J connectivity index is 0.000000270. The van der Waals surface area contributed by atoms with E-state index in [0.717, 1.165) is 36.4 Å². The molecule has 1 aromatic heterocycles. The Labute approximate surface area is 204 Å². The molecule has 4 nitrogen and oxygen atoms in total. The lowest BCUT2D eigenvalue weighted by Crippen LogP contribution is -2.34. The fourth-order valence-electron chi connectivity index (χ4n) is 4.74. The third kappa shape index (κ3) is 6.23. The Kier molecular flexibility index (Phi) is 9.25. The number of hydrogen-bond donors (Lipinski definition) is 0. The number of anilines is 1. The van der Waals surface area contributed by atoms with Gasteiger partial charge in [0.1, 0.15) is 5.15 Å². The molecular weight excluding hydrogens is 432 g/mol. The minimum absolute atomic E-state index is 0.0573. The van der Waals surface area contributed by atoms with Crippen LogP contribution in [0, 0.1) is 17.8 Å². The maximum atomic E-state index is 11.9. The van der Waals surface area contributed by atoms with E-state index < -0.39 is 0 Å². The molecule has 3 atom stereocenters. The van der Waals surface area contributed by atoms with Crippen LogP contribution in [0.1, 0.15) is 83.3 Å². The second-order valence-electron chi connectivity index (χ2n) is 9.77. The fraction of sp³-hybridized carbons (Fsp3) is 0.536. The molecule has 2 aromatic rings. The number of hydrogen-bond acceptors (Lipinski definition) is 3. The number of Topliss-reactive ketones (excluding diaryl/α,β-unsaturated/α-hetero) is 1. The third-order valence-corrected chi connectivity index (χ3v) is 7.27. The predicted octanol–water partition coefficient (Wildman–Crippen LogP) is 7.13. The SMILES string of the molecule is CC.CC(=O)N1CC(C)(C)c2ccc(CC3CC(C)C3C)cc21.CC(=O)c1cccnc1Cl. The highest BCUT2D eigenvalue weighted by Gasteiger charge is 2.38. The van der Waals surface area contributed by atoms with Crippen molar-refractivity contribution in [2.75, 3.05) is 11.4 Å². The number of halogens is 1. The van der Waals surface area contributed by atoms with Crippen LogP contribution in [0.2, 0.25) is 5.15 Å². The number of amides is 1. The number of pyridine rings is 1. The van der Waals surface area contributed by atoms with Crippen LogP contribution in [-0.2, 0) is 16.6 Å². The summed E-state index contributed by atoms with van der Waals surface area (Å²) in [4.78, 5) is 28.4. The van der Waals surface area contributed by atoms with E-state index in [1.54, 1.807) is 25.3 Å². The van der Waals surface area contributed by atoms with Gasteiger partial charge in [-0.05, 0) is 66.8 Å². The first-order valence-corrected chi connectivity index (χ1v) is 12.4. The van der Waals surface area contributed by atoms with Crippen molar-refractivity contribution in [2.24, 2.45) is 17.8 Å². The number of benzene rings is 1. The highest BCUT2D eigenvalue weighted by Crippen LogP contribution is 2.44. The van der Waals surface area contributed by atoms with Crippen LogP contribution in [0.25, 0.3) is 0 Å². The molecule has 1 amide bonds. The lowest BCUT2D eigenvalue weighted by Gasteiger charge is -2.41. The number of rotatable bonds is 3. The van der Waals surface area contributed by atoms with Gasteiger partial charge in [-0.25, -0.2) is 4.98 Å². The molecule has 0 N–H and O–H groups in total. The smallest absolute Gasteiger partial charge is 0.223 e. The van der Waals surface area contributed by atoms with E-state index in [4.69, 9.17) is 11.6 Å². The average molecular weight is 471 g/mol. The van der Waals surface area contributed by atoms with Gasteiger partial charge in [0.2, 0.25) is 5.91 Å². The summed E-state index contributed by atoms with van der Waals surface area (Å²) < 4.78 is 0. The summed E-state index contributed by atoms with van der Waals surface area (Å²) in [6.07, 6.45) is 4.06. The molecule has 1 aromatic carbocycles. The summed E-state index contributed by atoms with van der Waals surface area (Å²) in [7, 11) is 0. The largest absolute Gasteiger partial charge is 0.311 e. The van der Waals surface area contributed by atoms with Gasteiger partial charge in [0.05, 0.1) is 5.56 Å². The standard InChI is InChI=1S/C19H27NO.C7H6ClNO.C2H6/c1-12-8-16(13(12)2)9-15-6-7-17-18(10-15)20(14(3)21)11-19(17,4)5;1-5(10)6-3-2-4-9-7(6)8;1-2/h6-7,10,12-13,16H,8-9,11H2,1-5H3;2-4H,1H3;1-2H3. The Morgan fingerprint density at radius 3 is 2.30 bits per heavy atom. The van der Waals surface area contributed by atoms with Crippen molar-refractivity contribution in [3.8, 4) is 0 Å². The first-order valence-electron chi connectivity index (χ1n) is 12.0. The second-order valence-corrected chi connectivity index (χ2v) is 10.1. The number of fused-ring (bicyclic) bond motifs is 1. The Bertz CT molecular complexity index is 986. The van der Waals surface area contributed by atoms with Gasteiger partial charge < -0.3 is 4.90 Å². The van der Waals surface area contributed by atoms with Crippen molar-refractivity contribution in [1.82, 2.24) is 4.98 Å². The molecule has 0 saturated heterocycles. The van der Waals surface area contributed by atoms with Crippen molar-refractivity contribution >= 4 is 29.0 Å². The van der Waals surface area contributed by atoms with Gasteiger partial charge in [-0.15, -0.1) is 0 Å². The van der Waals surface area contributed by atoms with E-state index >= 15 is 0 Å². The number of carbonyl (C=O) groups excluding carboxylic acids is 2. The fourth-order valence-corrected chi connectivity index (χ4v) is 5.00. The molecule has 5 heteroatoms. The lowest BCUT2D eigenvalue weighted by atomic mass is 9.64. The average Bonchev–Trinajstić information content (AvgIpc) is 3.06. The van der Waals surface area contributed by atoms with Crippen LogP contribution >= 0.6 is 11.6 Å². The quantitative estimate of drug-likeness (QED) is 0.354. The maximum Gasteiger partial charge on any atom is 0.223 e. The molecule has 2 aliphatic rings. The van der Waals surface area contributed by atoms with Crippen LogP contribution < -0.4 is 4.90 Å². The van der Waals surface area contributed by atoms with Crippen molar-refractivity contribution in [3.63, 3.8) is 0 Å². The molecule has 4 rings (SSSR count). The molecule has 1 aliphatic heterocycles. The molecule has 1 fully saturated rings. The molecule has 180 valence electrons. The Hall–Kier alpha value is -2.20. The zero-order valence-electron chi connectivity index (χ0n) is 21.4. The van der Waals surface area contributed by atoms with Crippen molar-refractivity contribution < 1.29 is 9.59 Å². The van der Waals surface area contributed by atoms with Gasteiger partial charge in [0.15, 0.2) is 5.78 Å². The van der Waals surface area contributed by atoms with Gasteiger partial charge in [0.25, 0.3) is 0 Å². The first-order chi connectivity index (χ1) is 15.5. The summed E-state index contributed by atoms with van der Waals surface area (Å²) in [5.74, 6) is 2.62. The summed E-state index contributed by atoms with van der Waals surface area (Å²) in [5.41, 5.74) is 4.39. The second kappa shape index (κ2) is 11.3. The van der Waals surface area contributed by atoms with Crippen LogP contribution in [-0.4, -0.2) is 23.2 Å². The molecular formula is C28H39ClN2O2. The normalized spacial score (nSPS) is 22.1. The van der Waals surface area contributed by atoms with E-state index in [0.29, 0.717) is 5.56 Å². The molecule has 0 spiro atoms.